The zero-order chi connectivity index (χ0) is 18.9. The third-order valence-corrected chi connectivity index (χ3v) is 4.73. The van der Waals surface area contributed by atoms with E-state index in [0.29, 0.717) is 17.1 Å². The molecule has 0 aliphatic carbocycles. The summed E-state index contributed by atoms with van der Waals surface area (Å²) < 4.78 is 32.1. The number of benzene rings is 1. The van der Waals surface area contributed by atoms with Crippen LogP contribution in [0.5, 0.6) is 0 Å². The third-order valence-electron chi connectivity index (χ3n) is 4.22. The van der Waals surface area contributed by atoms with E-state index in [1.807, 2.05) is 4.90 Å². The molecule has 1 unspecified atom stereocenters. The molecule has 0 radical (unpaired) electrons. The number of carbonyl (C=O) groups is 2. The highest BCUT2D eigenvalue weighted by molar-refractivity contribution is 7.89. The molecule has 10 heteroatoms. The van der Waals surface area contributed by atoms with Crippen LogP contribution in [0.2, 0.25) is 0 Å². The van der Waals surface area contributed by atoms with Gasteiger partial charge in [0.1, 0.15) is 5.84 Å². The van der Waals surface area contributed by atoms with E-state index in [-0.39, 0.29) is 6.54 Å². The first-order chi connectivity index (χ1) is 12.2. The summed E-state index contributed by atoms with van der Waals surface area (Å²) in [6.07, 6.45) is 1.39. The molecule has 2 amide bonds. The molecule has 1 atom stereocenters. The lowest BCUT2D eigenvalue weighted by Gasteiger charge is -2.20. The number of nitrogens with zero attached hydrogens (tertiary/aromatic N) is 3. The van der Waals surface area contributed by atoms with Gasteiger partial charge in [0.2, 0.25) is 0 Å². The van der Waals surface area contributed by atoms with E-state index < -0.39 is 28.1 Å². The zero-order valence-corrected chi connectivity index (χ0v) is 15.1. The summed E-state index contributed by atoms with van der Waals surface area (Å²) in [6, 6.07) is 6.72. The van der Waals surface area contributed by atoms with Crippen molar-refractivity contribution in [3.8, 4) is 0 Å². The normalized spacial score (nSPS) is 21.2. The molecule has 2 N–H and O–H groups in total. The van der Waals surface area contributed by atoms with Gasteiger partial charge in [-0.1, -0.05) is 0 Å². The maximum Gasteiger partial charge on any atom is 0.415 e. The van der Waals surface area contributed by atoms with Crippen molar-refractivity contribution < 1.29 is 22.7 Å². The minimum Gasteiger partial charge on any atom is -0.434 e. The molecule has 0 spiro atoms. The molecular formula is C16H20N4O5S. The lowest BCUT2D eigenvalue weighted by Crippen LogP contribution is -2.32. The van der Waals surface area contributed by atoms with Crippen LogP contribution in [0, 0.1) is 0 Å². The van der Waals surface area contributed by atoms with Gasteiger partial charge in [0.15, 0.2) is 6.10 Å². The first-order valence-corrected chi connectivity index (χ1v) is 10.0. The monoisotopic (exact) mass is 380 g/mol. The maximum atomic E-state index is 11.9. The maximum absolute atomic E-state index is 11.9. The number of ether oxygens (including phenoxy) is 1. The van der Waals surface area contributed by atoms with Gasteiger partial charge in [-0.25, -0.2) is 13.2 Å². The fraction of sp³-hybridized carbons (Fsp3) is 0.438. The number of hydrogen-bond acceptors (Lipinski definition) is 5. The molecule has 0 saturated carbocycles. The average Bonchev–Trinajstić information content (AvgIpc) is 3.22. The molecule has 3 rings (SSSR count). The summed E-state index contributed by atoms with van der Waals surface area (Å²) in [5.74, 6) is -0.301. The smallest absolute Gasteiger partial charge is 0.415 e. The predicted molar refractivity (Wildman–Crippen MR) is 95.4 cm³/mol. The van der Waals surface area contributed by atoms with Crippen LogP contribution in [0.3, 0.4) is 0 Å². The average molecular weight is 380 g/mol. The topological polar surface area (TPSA) is 122 Å². The molecule has 2 heterocycles. The van der Waals surface area contributed by atoms with Crippen molar-refractivity contribution >= 4 is 33.5 Å². The van der Waals surface area contributed by atoms with E-state index in [0.717, 1.165) is 32.2 Å². The van der Waals surface area contributed by atoms with Crippen LogP contribution < -0.4 is 10.6 Å². The molecule has 2 fully saturated rings. The number of hydrogen-bond donors (Lipinski definition) is 1. The number of sulfonamides is 1. The molecular weight excluding hydrogens is 360 g/mol. The summed E-state index contributed by atoms with van der Waals surface area (Å²) >= 11 is 0. The van der Waals surface area contributed by atoms with Crippen molar-refractivity contribution in [2.75, 3.05) is 30.8 Å². The van der Waals surface area contributed by atoms with Crippen molar-refractivity contribution in [3.63, 3.8) is 0 Å². The first kappa shape index (κ1) is 18.2. The molecule has 1 aromatic carbocycles. The minimum absolute atomic E-state index is 0.0456. The van der Waals surface area contributed by atoms with Crippen molar-refractivity contribution in [1.82, 2.24) is 4.90 Å². The Balaban J connectivity index is 1.87. The molecule has 1 aromatic rings. The van der Waals surface area contributed by atoms with Gasteiger partial charge in [-0.2, -0.15) is 0 Å². The fourth-order valence-electron chi connectivity index (χ4n) is 2.99. The largest absolute Gasteiger partial charge is 0.434 e. The number of rotatable bonds is 4. The quantitative estimate of drug-likeness (QED) is 0.592. The van der Waals surface area contributed by atoms with Gasteiger partial charge in [-0.15, -0.1) is 4.40 Å². The van der Waals surface area contributed by atoms with Crippen LogP contribution in [0.15, 0.2) is 28.7 Å². The highest BCUT2D eigenvalue weighted by atomic mass is 32.2. The van der Waals surface area contributed by atoms with Crippen LogP contribution in [0.4, 0.5) is 10.5 Å². The number of primary amides is 1. The number of cyclic esters (lactones) is 1. The van der Waals surface area contributed by atoms with Gasteiger partial charge >= 0.3 is 6.09 Å². The highest BCUT2D eigenvalue weighted by Crippen LogP contribution is 2.23. The van der Waals surface area contributed by atoms with E-state index in [9.17, 15) is 18.0 Å². The van der Waals surface area contributed by atoms with E-state index in [1.54, 1.807) is 24.3 Å². The van der Waals surface area contributed by atoms with E-state index in [1.165, 1.54) is 4.90 Å². The minimum atomic E-state index is -3.55. The summed E-state index contributed by atoms with van der Waals surface area (Å²) in [5, 5.41) is 0. The summed E-state index contributed by atoms with van der Waals surface area (Å²) in [4.78, 5) is 26.3. The fourth-order valence-corrected chi connectivity index (χ4v) is 3.53. The molecule has 26 heavy (non-hydrogen) atoms. The van der Waals surface area contributed by atoms with Gasteiger partial charge in [-0.3, -0.25) is 9.69 Å². The van der Waals surface area contributed by atoms with Crippen molar-refractivity contribution in [3.05, 3.63) is 29.8 Å². The van der Waals surface area contributed by atoms with Gasteiger partial charge in [0, 0.05) is 24.3 Å². The van der Waals surface area contributed by atoms with Crippen molar-refractivity contribution in [2.24, 2.45) is 10.1 Å². The Morgan fingerprint density at radius 3 is 2.35 bits per heavy atom. The molecule has 2 aliphatic rings. The Hall–Kier alpha value is -2.62. The second kappa shape index (κ2) is 6.94. The SMILES string of the molecule is CS(=O)(=O)N=C(c1ccc(N2CC(C(N)=O)OC2=O)cc1)N1CCCC1. The molecule has 0 aromatic heterocycles. The van der Waals surface area contributed by atoms with Gasteiger partial charge < -0.3 is 15.4 Å². The second-order valence-electron chi connectivity index (χ2n) is 6.27. The van der Waals surface area contributed by atoms with Gasteiger partial charge in [0.05, 0.1) is 12.8 Å². The van der Waals surface area contributed by atoms with Crippen LogP contribution in [-0.4, -0.2) is 63.1 Å². The Morgan fingerprint density at radius 1 is 1.23 bits per heavy atom. The Bertz CT molecular complexity index is 844. The third kappa shape index (κ3) is 3.96. The van der Waals surface area contributed by atoms with E-state index >= 15 is 0 Å². The number of amides is 2. The van der Waals surface area contributed by atoms with Crippen molar-refractivity contribution in [2.45, 2.75) is 18.9 Å². The summed E-state index contributed by atoms with van der Waals surface area (Å²) in [6.45, 7) is 1.54. The lowest BCUT2D eigenvalue weighted by molar-refractivity contribution is -0.124. The lowest BCUT2D eigenvalue weighted by atomic mass is 10.1. The van der Waals surface area contributed by atoms with E-state index in [2.05, 4.69) is 4.40 Å². The first-order valence-electron chi connectivity index (χ1n) is 8.17. The Kier molecular flexibility index (Phi) is 4.86. The van der Waals surface area contributed by atoms with Crippen LogP contribution in [-0.2, 0) is 19.6 Å². The number of likely N-dealkylation sites (tertiary alicyclic amines) is 1. The summed E-state index contributed by atoms with van der Waals surface area (Å²) in [5.41, 5.74) is 6.34. The van der Waals surface area contributed by atoms with Crippen LogP contribution >= 0.6 is 0 Å². The van der Waals surface area contributed by atoms with Gasteiger partial charge in [0.25, 0.3) is 15.9 Å². The number of anilines is 1. The molecule has 9 nitrogen and oxygen atoms in total. The number of carbonyl (C=O) groups excluding carboxylic acids is 2. The Morgan fingerprint density at radius 2 is 1.85 bits per heavy atom. The van der Waals surface area contributed by atoms with Crippen molar-refractivity contribution in [1.29, 1.82) is 0 Å². The molecule has 0 bridgehead atoms. The van der Waals surface area contributed by atoms with E-state index in [4.69, 9.17) is 10.5 Å². The van der Waals surface area contributed by atoms with Crippen LogP contribution in [0.25, 0.3) is 0 Å². The molecule has 2 aliphatic heterocycles. The molecule has 2 saturated heterocycles. The zero-order valence-electron chi connectivity index (χ0n) is 14.3. The predicted octanol–water partition coefficient (Wildman–Crippen LogP) is 0.299. The number of nitrogens with two attached hydrogens (primary N) is 1. The highest BCUT2D eigenvalue weighted by Gasteiger charge is 2.35. The summed E-state index contributed by atoms with van der Waals surface area (Å²) in [7, 11) is -3.55. The van der Waals surface area contributed by atoms with Crippen LogP contribution in [0.1, 0.15) is 18.4 Å². The Labute approximate surface area is 151 Å². The van der Waals surface area contributed by atoms with Gasteiger partial charge in [-0.05, 0) is 37.1 Å². The second-order valence-corrected chi connectivity index (χ2v) is 7.92. The molecule has 140 valence electrons. The standard InChI is InChI=1S/C16H20N4O5S/c1-26(23,24)18-15(19-8-2-3-9-19)11-4-6-12(7-5-11)20-10-13(14(17)21)25-16(20)22/h4-7,13H,2-3,8-10H2,1H3,(H2,17,21). The number of amidine groups is 1.